The van der Waals surface area contributed by atoms with Gasteiger partial charge in [-0.1, -0.05) is 31.9 Å². The minimum Gasteiger partial charge on any atom is -0.329 e. The van der Waals surface area contributed by atoms with E-state index >= 15 is 0 Å². The molecule has 1 aromatic rings. The Bertz CT molecular complexity index is 416. The average molecular weight is 287 g/mol. The molecule has 1 aromatic heterocycles. The summed E-state index contributed by atoms with van der Waals surface area (Å²) in [6.07, 6.45) is 3.74. The third kappa shape index (κ3) is 2.34. The Morgan fingerprint density at radius 2 is 2.11 bits per heavy atom. The van der Waals surface area contributed by atoms with Crippen LogP contribution >= 0.6 is 22.9 Å². The van der Waals surface area contributed by atoms with Crippen LogP contribution in [0.15, 0.2) is 12.1 Å². The van der Waals surface area contributed by atoms with Crippen LogP contribution in [0.3, 0.4) is 0 Å². The maximum Gasteiger partial charge on any atom is 0.0931 e. The van der Waals surface area contributed by atoms with E-state index in [0.29, 0.717) is 0 Å². The van der Waals surface area contributed by atoms with E-state index in [1.165, 1.54) is 24.1 Å². The van der Waals surface area contributed by atoms with Gasteiger partial charge in [-0.25, -0.2) is 0 Å². The summed E-state index contributed by atoms with van der Waals surface area (Å²) in [5.41, 5.74) is 6.56. The molecule has 1 fully saturated rings. The Balaban J connectivity index is 2.18. The molecule has 0 radical (unpaired) electrons. The first-order valence-electron chi connectivity index (χ1n) is 6.57. The Hall–Kier alpha value is -0.0900. The van der Waals surface area contributed by atoms with Crippen LogP contribution in [0.2, 0.25) is 4.34 Å². The van der Waals surface area contributed by atoms with Crippen LogP contribution in [0.1, 0.15) is 38.0 Å². The predicted molar refractivity (Wildman–Crippen MR) is 80.2 cm³/mol. The highest BCUT2D eigenvalue weighted by molar-refractivity contribution is 7.16. The summed E-state index contributed by atoms with van der Waals surface area (Å²) in [7, 11) is 2.20. The lowest BCUT2D eigenvalue weighted by molar-refractivity contribution is 0.0283. The van der Waals surface area contributed by atoms with Crippen LogP contribution in [0.25, 0.3) is 0 Å². The highest BCUT2D eigenvalue weighted by atomic mass is 35.5. The number of likely N-dealkylation sites (N-methyl/N-ethyl adjacent to an activating group) is 1. The van der Waals surface area contributed by atoms with Crippen LogP contribution in [0.5, 0.6) is 0 Å². The van der Waals surface area contributed by atoms with Crippen LogP contribution in [0.4, 0.5) is 0 Å². The average Bonchev–Trinajstić information content (AvgIpc) is 2.82. The van der Waals surface area contributed by atoms with Gasteiger partial charge in [0.2, 0.25) is 0 Å². The second-order valence-electron chi connectivity index (χ2n) is 6.04. The largest absolute Gasteiger partial charge is 0.329 e. The van der Waals surface area contributed by atoms with Gasteiger partial charge in [0.05, 0.1) is 4.34 Å². The first-order chi connectivity index (χ1) is 8.41. The van der Waals surface area contributed by atoms with E-state index in [2.05, 4.69) is 31.9 Å². The van der Waals surface area contributed by atoms with Crippen LogP contribution in [-0.2, 0) is 6.54 Å². The van der Waals surface area contributed by atoms with Crippen molar-refractivity contribution in [2.45, 2.75) is 45.2 Å². The molecule has 1 saturated carbocycles. The second kappa shape index (κ2) is 5.12. The molecule has 0 bridgehead atoms. The minimum absolute atomic E-state index is 0.128. The van der Waals surface area contributed by atoms with Gasteiger partial charge in [-0.05, 0) is 37.4 Å². The fraction of sp³-hybridized carbons (Fsp3) is 0.714. The predicted octanol–water partition coefficient (Wildman–Crippen LogP) is 3.74. The van der Waals surface area contributed by atoms with E-state index in [0.717, 1.165) is 17.4 Å². The van der Waals surface area contributed by atoms with Crippen molar-refractivity contribution in [3.8, 4) is 0 Å². The maximum absolute atomic E-state index is 6.14. The molecule has 18 heavy (non-hydrogen) atoms. The first-order valence-corrected chi connectivity index (χ1v) is 7.76. The molecular weight excluding hydrogens is 264 g/mol. The van der Waals surface area contributed by atoms with Gasteiger partial charge in [-0.2, -0.15) is 0 Å². The maximum atomic E-state index is 6.14. The fourth-order valence-corrected chi connectivity index (χ4v) is 4.60. The van der Waals surface area contributed by atoms with Gasteiger partial charge >= 0.3 is 0 Å². The van der Waals surface area contributed by atoms with Gasteiger partial charge in [-0.3, -0.25) is 4.90 Å². The summed E-state index contributed by atoms with van der Waals surface area (Å²) in [5, 5.41) is 0. The zero-order chi connectivity index (χ0) is 13.4. The zero-order valence-electron chi connectivity index (χ0n) is 11.5. The summed E-state index contributed by atoms with van der Waals surface area (Å²) < 4.78 is 0.867. The smallest absolute Gasteiger partial charge is 0.0931 e. The van der Waals surface area contributed by atoms with Crippen molar-refractivity contribution in [3.05, 3.63) is 21.3 Å². The number of hydrogen-bond acceptors (Lipinski definition) is 3. The molecule has 1 heterocycles. The molecule has 0 saturated heterocycles. The number of hydrogen-bond donors (Lipinski definition) is 1. The first kappa shape index (κ1) is 14.3. The van der Waals surface area contributed by atoms with E-state index in [1.807, 2.05) is 6.07 Å². The standard InChI is InChI=1S/C14H23ClN2S/c1-13(2)7-4-8-14(13,10-16)17(3)9-11-5-6-12(15)18-11/h5-6H,4,7-10,16H2,1-3H3. The zero-order valence-corrected chi connectivity index (χ0v) is 13.1. The molecule has 1 unspecified atom stereocenters. The number of nitrogens with zero attached hydrogens (tertiary/aromatic N) is 1. The topological polar surface area (TPSA) is 29.3 Å². The van der Waals surface area contributed by atoms with Crippen molar-refractivity contribution in [2.24, 2.45) is 11.1 Å². The van der Waals surface area contributed by atoms with E-state index in [4.69, 9.17) is 17.3 Å². The molecule has 2 nitrogen and oxygen atoms in total. The van der Waals surface area contributed by atoms with Crippen molar-refractivity contribution in [2.75, 3.05) is 13.6 Å². The summed E-state index contributed by atoms with van der Waals surface area (Å²) >= 11 is 7.67. The molecule has 1 aliphatic rings. The van der Waals surface area contributed by atoms with Gasteiger partial charge in [0.25, 0.3) is 0 Å². The molecule has 1 aliphatic carbocycles. The number of nitrogens with two attached hydrogens (primary N) is 1. The van der Waals surface area contributed by atoms with Crippen molar-refractivity contribution < 1.29 is 0 Å². The Kier molecular flexibility index (Phi) is 4.07. The lowest BCUT2D eigenvalue weighted by Crippen LogP contribution is -2.57. The summed E-state index contributed by atoms with van der Waals surface area (Å²) in [6.45, 7) is 6.38. The normalized spacial score (nSPS) is 27.0. The van der Waals surface area contributed by atoms with Crippen molar-refractivity contribution >= 4 is 22.9 Å². The monoisotopic (exact) mass is 286 g/mol. The van der Waals surface area contributed by atoms with E-state index in [9.17, 15) is 0 Å². The molecule has 2 rings (SSSR count). The van der Waals surface area contributed by atoms with Crippen molar-refractivity contribution in [1.29, 1.82) is 0 Å². The fourth-order valence-electron chi connectivity index (χ4n) is 3.46. The third-order valence-electron chi connectivity index (χ3n) is 4.74. The van der Waals surface area contributed by atoms with Gasteiger partial charge in [0, 0.05) is 23.5 Å². The number of rotatable bonds is 4. The molecule has 0 spiro atoms. The summed E-state index contributed by atoms with van der Waals surface area (Å²) in [4.78, 5) is 3.76. The van der Waals surface area contributed by atoms with Gasteiger partial charge in [0.15, 0.2) is 0 Å². The highest BCUT2D eigenvalue weighted by Gasteiger charge is 2.50. The van der Waals surface area contributed by atoms with Gasteiger partial charge in [-0.15, -0.1) is 11.3 Å². The van der Waals surface area contributed by atoms with Crippen molar-refractivity contribution in [3.63, 3.8) is 0 Å². The molecule has 4 heteroatoms. The third-order valence-corrected chi connectivity index (χ3v) is 5.96. The Morgan fingerprint density at radius 1 is 1.39 bits per heavy atom. The molecule has 2 N–H and O–H groups in total. The number of thiophene rings is 1. The summed E-state index contributed by atoms with van der Waals surface area (Å²) in [6, 6.07) is 4.10. The summed E-state index contributed by atoms with van der Waals surface area (Å²) in [5.74, 6) is 0. The molecule has 102 valence electrons. The molecule has 1 atom stereocenters. The molecular formula is C14H23ClN2S. The van der Waals surface area contributed by atoms with Crippen molar-refractivity contribution in [1.82, 2.24) is 4.90 Å². The van der Waals surface area contributed by atoms with Crippen LogP contribution < -0.4 is 5.73 Å². The second-order valence-corrected chi connectivity index (χ2v) is 7.83. The lowest BCUT2D eigenvalue weighted by Gasteiger charge is -2.47. The SMILES string of the molecule is CN(Cc1ccc(Cl)s1)C1(CN)CCCC1(C)C. The quantitative estimate of drug-likeness (QED) is 0.914. The van der Waals surface area contributed by atoms with E-state index in [-0.39, 0.29) is 11.0 Å². The Morgan fingerprint density at radius 3 is 2.56 bits per heavy atom. The molecule has 0 aromatic carbocycles. The molecule has 0 aliphatic heterocycles. The van der Waals surface area contributed by atoms with E-state index < -0.39 is 0 Å². The van der Waals surface area contributed by atoms with E-state index in [1.54, 1.807) is 11.3 Å². The van der Waals surface area contributed by atoms with Crippen LogP contribution in [0, 0.1) is 5.41 Å². The highest BCUT2D eigenvalue weighted by Crippen LogP contribution is 2.49. The van der Waals surface area contributed by atoms with Gasteiger partial charge < -0.3 is 5.73 Å². The van der Waals surface area contributed by atoms with Crippen LogP contribution in [-0.4, -0.2) is 24.0 Å². The number of halogens is 1. The lowest BCUT2D eigenvalue weighted by atomic mass is 9.74. The minimum atomic E-state index is 0.128. The molecule has 0 amide bonds. The Labute approximate surface area is 119 Å². The van der Waals surface area contributed by atoms with Gasteiger partial charge in [0.1, 0.15) is 0 Å².